The molecular formula is C23H28ClN5O3. The highest BCUT2D eigenvalue weighted by Gasteiger charge is 2.22. The van der Waals surface area contributed by atoms with Crippen LogP contribution in [0.5, 0.6) is 0 Å². The highest BCUT2D eigenvalue weighted by molar-refractivity contribution is 6.30. The molecule has 32 heavy (non-hydrogen) atoms. The molecule has 2 saturated heterocycles. The van der Waals surface area contributed by atoms with Crippen LogP contribution in [0.15, 0.2) is 42.7 Å². The number of ether oxygens (including phenoxy) is 1. The van der Waals surface area contributed by atoms with Crippen LogP contribution in [0.3, 0.4) is 0 Å². The van der Waals surface area contributed by atoms with Gasteiger partial charge in [-0.3, -0.25) is 14.7 Å². The third-order valence-corrected chi connectivity index (χ3v) is 5.66. The van der Waals surface area contributed by atoms with Crippen LogP contribution in [0.4, 0.5) is 5.82 Å². The lowest BCUT2D eigenvalue weighted by Gasteiger charge is -2.21. The zero-order chi connectivity index (χ0) is 22.2. The Labute approximate surface area is 192 Å². The lowest BCUT2D eigenvalue weighted by Crippen LogP contribution is -2.32. The molecule has 2 aliphatic heterocycles. The quantitative estimate of drug-likeness (QED) is 0.464. The summed E-state index contributed by atoms with van der Waals surface area (Å²) in [6.07, 6.45) is 9.79. The maximum Gasteiger partial charge on any atom is 0.267 e. The molecule has 2 fully saturated rings. The molecule has 1 unspecified atom stereocenters. The van der Waals surface area contributed by atoms with Crippen LogP contribution in [-0.2, 0) is 20.9 Å². The van der Waals surface area contributed by atoms with Crippen LogP contribution in [0, 0.1) is 0 Å². The minimum Gasteiger partial charge on any atom is -0.365 e. The van der Waals surface area contributed by atoms with Crippen molar-refractivity contribution in [2.75, 3.05) is 25.0 Å². The highest BCUT2D eigenvalue weighted by Crippen LogP contribution is 2.18. The topological polar surface area (TPSA) is 88.6 Å². The second kappa shape index (κ2) is 11.4. The van der Waals surface area contributed by atoms with Gasteiger partial charge in [-0.1, -0.05) is 23.7 Å². The molecule has 2 N–H and O–H groups in total. The summed E-state index contributed by atoms with van der Waals surface area (Å²) in [5, 5.41) is 4.21. The average molecular weight is 458 g/mol. The molecule has 0 radical (unpaired) electrons. The number of anilines is 1. The number of hydrogen-bond acceptors (Lipinski definition) is 7. The van der Waals surface area contributed by atoms with Gasteiger partial charge in [-0.25, -0.2) is 15.3 Å². The fraction of sp³-hybridized carbons (Fsp3) is 0.435. The van der Waals surface area contributed by atoms with Crippen molar-refractivity contribution >= 4 is 29.4 Å². The van der Waals surface area contributed by atoms with E-state index >= 15 is 0 Å². The van der Waals surface area contributed by atoms with E-state index in [9.17, 15) is 4.79 Å². The first kappa shape index (κ1) is 22.7. The first-order chi connectivity index (χ1) is 15.6. The maximum absolute atomic E-state index is 11.9. The average Bonchev–Trinajstić information content (AvgIpc) is 3.24. The van der Waals surface area contributed by atoms with Crippen molar-refractivity contribution in [3.63, 3.8) is 0 Å². The van der Waals surface area contributed by atoms with Crippen molar-refractivity contribution in [3.05, 3.63) is 59.0 Å². The predicted octanol–water partition coefficient (Wildman–Crippen LogP) is 3.40. The summed E-state index contributed by atoms with van der Waals surface area (Å²) in [7, 11) is 0. The van der Waals surface area contributed by atoms with Crippen molar-refractivity contribution < 1.29 is 14.4 Å². The molecule has 4 rings (SSSR count). The van der Waals surface area contributed by atoms with Crippen LogP contribution in [0.1, 0.15) is 36.9 Å². The largest absolute Gasteiger partial charge is 0.365 e. The van der Waals surface area contributed by atoms with Gasteiger partial charge in [0.2, 0.25) is 0 Å². The van der Waals surface area contributed by atoms with Crippen molar-refractivity contribution in [2.45, 2.75) is 44.6 Å². The Morgan fingerprint density at radius 3 is 3.00 bits per heavy atom. The van der Waals surface area contributed by atoms with E-state index in [1.807, 2.05) is 18.2 Å². The summed E-state index contributed by atoms with van der Waals surface area (Å²) in [5.74, 6) is 0.355. The zero-order valence-electron chi connectivity index (χ0n) is 17.9. The molecule has 1 amide bonds. The van der Waals surface area contributed by atoms with E-state index in [1.165, 1.54) is 11.6 Å². The Bertz CT molecular complexity index is 918. The summed E-state index contributed by atoms with van der Waals surface area (Å²) in [5.41, 5.74) is 4.19. The minimum atomic E-state index is -0.372. The molecule has 170 valence electrons. The Balaban J connectivity index is 1.20. The van der Waals surface area contributed by atoms with Gasteiger partial charge in [-0.15, -0.1) is 0 Å². The maximum atomic E-state index is 11.9. The van der Waals surface area contributed by atoms with Crippen molar-refractivity contribution in [2.24, 2.45) is 0 Å². The first-order valence-corrected chi connectivity index (χ1v) is 11.3. The van der Waals surface area contributed by atoms with E-state index in [0.717, 1.165) is 56.2 Å². The predicted molar refractivity (Wildman–Crippen MR) is 123 cm³/mol. The molecule has 9 heteroatoms. The number of benzene rings is 1. The van der Waals surface area contributed by atoms with Crippen LogP contribution in [0.2, 0.25) is 5.02 Å². The number of halogens is 1. The number of hydroxylamine groups is 1. The fourth-order valence-electron chi connectivity index (χ4n) is 3.82. The standard InChI is InChI=1S/C23H28ClN5O3/c24-18-5-3-4-17(12-18)15-29-10-9-20(16-29)27-21-14-25-19(13-26-21)7-8-22(30)28-32-23-6-1-2-11-31-23/h3-5,7-8,12-14,20,23H,1-2,6,9-11,15-16H2,(H,26,27)(H,28,30)/t20-,23?/m1/s1. The normalized spacial score (nSPS) is 21.7. The number of amides is 1. The number of nitrogens with one attached hydrogen (secondary N) is 2. The SMILES string of the molecule is O=C(C=Cc1cnc(N[C@@H]2CCN(Cc3cccc(Cl)c3)C2)cn1)NOC1CCCCO1. The number of carbonyl (C=O) groups excluding carboxylic acids is 1. The second-order valence-corrected chi connectivity index (χ2v) is 8.47. The van der Waals surface area contributed by atoms with Gasteiger partial charge in [-0.2, -0.15) is 0 Å². The van der Waals surface area contributed by atoms with Gasteiger partial charge in [0.05, 0.1) is 18.1 Å². The van der Waals surface area contributed by atoms with Crippen LogP contribution >= 0.6 is 11.6 Å². The van der Waals surface area contributed by atoms with Gasteiger partial charge in [0.1, 0.15) is 5.82 Å². The third-order valence-electron chi connectivity index (χ3n) is 5.43. The zero-order valence-corrected chi connectivity index (χ0v) is 18.6. The number of rotatable bonds is 8. The molecule has 1 aromatic heterocycles. The molecular weight excluding hydrogens is 430 g/mol. The van der Waals surface area contributed by atoms with Crippen LogP contribution < -0.4 is 10.8 Å². The monoisotopic (exact) mass is 457 g/mol. The highest BCUT2D eigenvalue weighted by atomic mass is 35.5. The lowest BCUT2D eigenvalue weighted by atomic mass is 10.2. The van der Waals surface area contributed by atoms with E-state index in [2.05, 4.69) is 31.7 Å². The van der Waals surface area contributed by atoms with Crippen molar-refractivity contribution in [1.82, 2.24) is 20.3 Å². The van der Waals surface area contributed by atoms with E-state index in [1.54, 1.807) is 18.5 Å². The molecule has 0 spiro atoms. The Morgan fingerprint density at radius 2 is 2.22 bits per heavy atom. The number of aromatic nitrogens is 2. The molecule has 1 aromatic carbocycles. The lowest BCUT2D eigenvalue weighted by molar-refractivity contribution is -0.198. The summed E-state index contributed by atoms with van der Waals surface area (Å²) >= 11 is 6.08. The summed E-state index contributed by atoms with van der Waals surface area (Å²) in [6, 6.07) is 8.30. The molecule has 2 atom stereocenters. The minimum absolute atomic E-state index is 0.315. The van der Waals surface area contributed by atoms with E-state index in [4.69, 9.17) is 21.2 Å². The number of carbonyl (C=O) groups is 1. The molecule has 0 bridgehead atoms. The molecule has 3 heterocycles. The fourth-order valence-corrected chi connectivity index (χ4v) is 4.03. The van der Waals surface area contributed by atoms with Gasteiger partial charge in [0.25, 0.3) is 5.91 Å². The Kier molecular flexibility index (Phi) is 8.06. The number of nitrogens with zero attached hydrogens (tertiary/aromatic N) is 3. The second-order valence-electron chi connectivity index (χ2n) is 8.04. The first-order valence-electron chi connectivity index (χ1n) is 10.9. The third kappa shape index (κ3) is 7.00. The molecule has 0 saturated carbocycles. The van der Waals surface area contributed by atoms with Crippen molar-refractivity contribution in [3.8, 4) is 0 Å². The Hall–Kier alpha value is -2.52. The number of hydrogen-bond donors (Lipinski definition) is 2. The van der Waals surface area contributed by atoms with Gasteiger partial charge < -0.3 is 10.1 Å². The van der Waals surface area contributed by atoms with E-state index in [-0.39, 0.29) is 12.2 Å². The van der Waals surface area contributed by atoms with Crippen molar-refractivity contribution in [1.29, 1.82) is 0 Å². The molecule has 0 aliphatic carbocycles. The van der Waals surface area contributed by atoms with Crippen LogP contribution in [0.25, 0.3) is 6.08 Å². The van der Waals surface area contributed by atoms with Crippen LogP contribution in [-0.4, -0.2) is 52.8 Å². The molecule has 2 aromatic rings. The van der Waals surface area contributed by atoms with E-state index < -0.39 is 0 Å². The van der Waals surface area contributed by atoms with E-state index in [0.29, 0.717) is 18.3 Å². The summed E-state index contributed by atoms with van der Waals surface area (Å²) in [4.78, 5) is 28.3. The summed E-state index contributed by atoms with van der Waals surface area (Å²) in [6.45, 7) is 3.49. The smallest absolute Gasteiger partial charge is 0.267 e. The van der Waals surface area contributed by atoms with Gasteiger partial charge >= 0.3 is 0 Å². The molecule has 2 aliphatic rings. The number of likely N-dealkylation sites (tertiary alicyclic amines) is 1. The summed E-state index contributed by atoms with van der Waals surface area (Å²) < 4.78 is 5.40. The Morgan fingerprint density at radius 1 is 1.28 bits per heavy atom. The van der Waals surface area contributed by atoms with Gasteiger partial charge in [0.15, 0.2) is 6.29 Å². The molecule has 8 nitrogen and oxygen atoms in total. The van der Waals surface area contributed by atoms with Gasteiger partial charge in [-0.05, 0) is 43.0 Å². The van der Waals surface area contributed by atoms with Gasteiger partial charge in [0, 0.05) is 49.8 Å².